The molecule has 1 atom stereocenters. The number of urea groups is 1. The highest BCUT2D eigenvalue weighted by Gasteiger charge is 2.16. The molecule has 4 aromatic rings. The molecule has 1 saturated heterocycles. The summed E-state index contributed by atoms with van der Waals surface area (Å²) >= 11 is 3.03. The van der Waals surface area contributed by atoms with Gasteiger partial charge in [0.25, 0.3) is 5.91 Å². The summed E-state index contributed by atoms with van der Waals surface area (Å²) in [7, 11) is 0. The predicted octanol–water partition coefficient (Wildman–Crippen LogP) is 5.58. The third kappa shape index (κ3) is 5.22. The summed E-state index contributed by atoms with van der Waals surface area (Å²) in [5, 5.41) is 9.42. The maximum atomic E-state index is 12.7. The molecule has 2 aromatic carbocycles. The number of carbonyl (C=O) groups excluding carboxylic acids is 2. The minimum atomic E-state index is -0.275. The van der Waals surface area contributed by atoms with Crippen molar-refractivity contribution < 1.29 is 14.3 Å². The van der Waals surface area contributed by atoms with E-state index in [-0.39, 0.29) is 18.0 Å². The summed E-state index contributed by atoms with van der Waals surface area (Å²) in [6, 6.07) is 18.5. The van der Waals surface area contributed by atoms with Crippen molar-refractivity contribution in [2.45, 2.75) is 18.9 Å². The number of thiazole rings is 1. The van der Waals surface area contributed by atoms with E-state index in [9.17, 15) is 9.59 Å². The smallest absolute Gasteiger partial charge is 0.319 e. The molecule has 0 saturated carbocycles. The molecule has 1 aliphatic rings. The van der Waals surface area contributed by atoms with Crippen molar-refractivity contribution in [2.75, 3.05) is 23.8 Å². The zero-order chi connectivity index (χ0) is 22.6. The fraction of sp³-hybridized carbons (Fsp3) is 0.208. The molecule has 3 amide bonds. The maximum Gasteiger partial charge on any atom is 0.319 e. The van der Waals surface area contributed by atoms with Crippen molar-refractivity contribution >= 4 is 56.2 Å². The van der Waals surface area contributed by atoms with Crippen LogP contribution in [-0.2, 0) is 4.74 Å². The number of nitrogens with one attached hydrogen (secondary N) is 3. The van der Waals surface area contributed by atoms with E-state index in [1.54, 1.807) is 35.6 Å². The Labute approximate surface area is 198 Å². The Kier molecular flexibility index (Phi) is 6.34. The zero-order valence-corrected chi connectivity index (χ0v) is 19.3. The lowest BCUT2D eigenvalue weighted by molar-refractivity contribution is 0.103. The van der Waals surface area contributed by atoms with E-state index in [1.807, 2.05) is 36.4 Å². The predicted molar refractivity (Wildman–Crippen MR) is 133 cm³/mol. The molecule has 0 radical (unpaired) electrons. The SMILES string of the molecule is O=C(NCC1CCCO1)Nc1ccc(NC(=O)c2ccc(-c3nc4ccccc4s3)s2)cc1. The van der Waals surface area contributed by atoms with Crippen LogP contribution >= 0.6 is 22.7 Å². The number of carbonyl (C=O) groups is 2. The molecule has 0 aliphatic carbocycles. The Morgan fingerprint density at radius 1 is 0.970 bits per heavy atom. The molecular formula is C24H22N4O3S2. The van der Waals surface area contributed by atoms with Crippen LogP contribution in [0.2, 0.25) is 0 Å². The van der Waals surface area contributed by atoms with Crippen molar-refractivity contribution in [3.63, 3.8) is 0 Å². The number of rotatable bonds is 6. The van der Waals surface area contributed by atoms with Crippen molar-refractivity contribution in [3.8, 4) is 9.88 Å². The number of thiophene rings is 1. The van der Waals surface area contributed by atoms with E-state index in [4.69, 9.17) is 4.74 Å². The normalized spacial score (nSPS) is 15.5. The van der Waals surface area contributed by atoms with Crippen LogP contribution in [0.15, 0.2) is 60.7 Å². The molecule has 9 heteroatoms. The van der Waals surface area contributed by atoms with Gasteiger partial charge in [0.05, 0.1) is 26.1 Å². The molecule has 3 N–H and O–H groups in total. The Morgan fingerprint density at radius 3 is 2.52 bits per heavy atom. The molecule has 2 aromatic heterocycles. The first-order valence-electron chi connectivity index (χ1n) is 10.7. The first-order chi connectivity index (χ1) is 16.1. The second-order valence-electron chi connectivity index (χ2n) is 7.65. The number of aromatic nitrogens is 1. The highest BCUT2D eigenvalue weighted by atomic mass is 32.1. The van der Waals surface area contributed by atoms with Gasteiger partial charge in [-0.05, 0) is 61.4 Å². The first-order valence-corrected chi connectivity index (χ1v) is 12.3. The number of benzene rings is 2. The molecule has 0 spiro atoms. The minimum absolute atomic E-state index is 0.0979. The highest BCUT2D eigenvalue weighted by molar-refractivity contribution is 7.26. The molecular weight excluding hydrogens is 456 g/mol. The lowest BCUT2D eigenvalue weighted by Crippen LogP contribution is -2.35. The van der Waals surface area contributed by atoms with E-state index < -0.39 is 0 Å². The highest BCUT2D eigenvalue weighted by Crippen LogP contribution is 2.34. The van der Waals surface area contributed by atoms with Gasteiger partial charge < -0.3 is 20.7 Å². The van der Waals surface area contributed by atoms with Crippen LogP contribution in [0.4, 0.5) is 16.2 Å². The molecule has 3 heterocycles. The van der Waals surface area contributed by atoms with Crippen LogP contribution in [0.3, 0.4) is 0 Å². The largest absolute Gasteiger partial charge is 0.376 e. The molecule has 1 unspecified atom stereocenters. The minimum Gasteiger partial charge on any atom is -0.376 e. The first kappa shape index (κ1) is 21.6. The van der Waals surface area contributed by atoms with Gasteiger partial charge in [0.2, 0.25) is 0 Å². The number of amides is 3. The Morgan fingerprint density at radius 2 is 1.76 bits per heavy atom. The molecule has 33 heavy (non-hydrogen) atoms. The molecule has 168 valence electrons. The average molecular weight is 479 g/mol. The zero-order valence-electron chi connectivity index (χ0n) is 17.7. The number of hydrogen-bond donors (Lipinski definition) is 3. The maximum absolute atomic E-state index is 12.7. The summed E-state index contributed by atoms with van der Waals surface area (Å²) in [5.74, 6) is -0.178. The van der Waals surface area contributed by atoms with Crippen LogP contribution < -0.4 is 16.0 Å². The number of anilines is 2. The second-order valence-corrected chi connectivity index (χ2v) is 9.77. The summed E-state index contributed by atoms with van der Waals surface area (Å²) in [6.45, 7) is 1.26. The van der Waals surface area contributed by atoms with Gasteiger partial charge in [-0.3, -0.25) is 4.79 Å². The van der Waals surface area contributed by atoms with Gasteiger partial charge in [-0.15, -0.1) is 22.7 Å². The van der Waals surface area contributed by atoms with Gasteiger partial charge in [0.15, 0.2) is 0 Å². The molecule has 0 bridgehead atoms. The average Bonchev–Trinajstić information content (AvgIpc) is 3.59. The van der Waals surface area contributed by atoms with E-state index >= 15 is 0 Å². The van der Waals surface area contributed by atoms with E-state index in [0.717, 1.165) is 39.5 Å². The Bertz CT molecular complexity index is 1240. The van der Waals surface area contributed by atoms with Gasteiger partial charge in [0.1, 0.15) is 5.01 Å². The molecule has 1 fully saturated rings. The molecule has 5 rings (SSSR count). The third-order valence-corrected chi connectivity index (χ3v) is 7.54. The summed E-state index contributed by atoms with van der Waals surface area (Å²) in [6.07, 6.45) is 2.11. The fourth-order valence-electron chi connectivity index (χ4n) is 3.57. The number of fused-ring (bicyclic) bond motifs is 1. The van der Waals surface area contributed by atoms with Crippen LogP contribution in [-0.4, -0.2) is 36.2 Å². The van der Waals surface area contributed by atoms with Crippen molar-refractivity contribution in [1.29, 1.82) is 0 Å². The van der Waals surface area contributed by atoms with Gasteiger partial charge in [-0.1, -0.05) is 12.1 Å². The van der Waals surface area contributed by atoms with E-state index in [1.165, 1.54) is 11.3 Å². The lowest BCUT2D eigenvalue weighted by atomic mass is 10.2. The number of para-hydroxylation sites is 1. The monoisotopic (exact) mass is 478 g/mol. The van der Waals surface area contributed by atoms with Crippen LogP contribution in [0, 0.1) is 0 Å². The van der Waals surface area contributed by atoms with Crippen LogP contribution in [0.25, 0.3) is 20.1 Å². The molecule has 1 aliphatic heterocycles. The quantitative estimate of drug-likeness (QED) is 0.337. The van der Waals surface area contributed by atoms with E-state index in [2.05, 4.69) is 20.9 Å². The van der Waals surface area contributed by atoms with Crippen LogP contribution in [0.5, 0.6) is 0 Å². The van der Waals surface area contributed by atoms with Crippen molar-refractivity contribution in [2.24, 2.45) is 0 Å². The summed E-state index contributed by atoms with van der Waals surface area (Å²) < 4.78 is 6.62. The number of nitrogens with zero attached hydrogens (tertiary/aromatic N) is 1. The second kappa shape index (κ2) is 9.70. The van der Waals surface area contributed by atoms with Crippen LogP contribution in [0.1, 0.15) is 22.5 Å². The Hall–Kier alpha value is -3.27. The number of ether oxygens (including phenoxy) is 1. The topological polar surface area (TPSA) is 92.4 Å². The van der Waals surface area contributed by atoms with Crippen molar-refractivity contribution in [1.82, 2.24) is 10.3 Å². The molecule has 7 nitrogen and oxygen atoms in total. The summed E-state index contributed by atoms with van der Waals surface area (Å²) in [4.78, 5) is 31.0. The standard InChI is InChI=1S/C24H22N4O3S2/c29-22(20-11-12-21(32-20)23-28-18-5-1-2-6-19(18)33-23)26-15-7-9-16(10-8-15)27-24(30)25-14-17-4-3-13-31-17/h1-2,5-12,17H,3-4,13-14H2,(H,26,29)(H2,25,27,30). The van der Waals surface area contributed by atoms with Crippen molar-refractivity contribution in [3.05, 3.63) is 65.5 Å². The Balaban J connectivity index is 1.16. The number of hydrogen-bond acceptors (Lipinski definition) is 6. The van der Waals surface area contributed by atoms with Gasteiger partial charge >= 0.3 is 6.03 Å². The third-order valence-electron chi connectivity index (χ3n) is 5.25. The lowest BCUT2D eigenvalue weighted by Gasteiger charge is -2.12. The van der Waals surface area contributed by atoms with Gasteiger partial charge in [0, 0.05) is 24.5 Å². The van der Waals surface area contributed by atoms with E-state index in [0.29, 0.717) is 22.8 Å². The van der Waals surface area contributed by atoms with Gasteiger partial charge in [-0.25, -0.2) is 9.78 Å². The summed E-state index contributed by atoms with van der Waals surface area (Å²) in [5.41, 5.74) is 2.26. The van der Waals surface area contributed by atoms with Gasteiger partial charge in [-0.2, -0.15) is 0 Å². The fourth-order valence-corrected chi connectivity index (χ4v) is 5.49.